The lowest BCUT2D eigenvalue weighted by atomic mass is 9.86. The van der Waals surface area contributed by atoms with Crippen LogP contribution in [0.15, 0.2) is 18.7 Å². The van der Waals surface area contributed by atoms with Crippen molar-refractivity contribution in [1.29, 1.82) is 0 Å². The summed E-state index contributed by atoms with van der Waals surface area (Å²) >= 11 is 0. The summed E-state index contributed by atoms with van der Waals surface area (Å²) in [5, 5.41) is 3.73. The van der Waals surface area contributed by atoms with Gasteiger partial charge in [0.2, 0.25) is 0 Å². The predicted molar refractivity (Wildman–Crippen MR) is 90.4 cm³/mol. The Labute approximate surface area is 143 Å². The number of ether oxygens (including phenoxy) is 1. The molecule has 1 aromatic rings. The number of carbonyl (C=O) groups excluding carboxylic acids is 1. The largest absolute Gasteiger partial charge is 0.444 e. The first-order chi connectivity index (χ1) is 11.4. The third-order valence-electron chi connectivity index (χ3n) is 5.83. The molecular formula is C18H28N4O2. The molecular weight excluding hydrogens is 304 g/mol. The first-order valence-corrected chi connectivity index (χ1v) is 9.11. The fraction of sp³-hybridized carbons (Fsp3) is 0.778. The first-order valence-electron chi connectivity index (χ1n) is 9.11. The lowest BCUT2D eigenvalue weighted by Crippen LogP contribution is -2.52. The minimum absolute atomic E-state index is 0.135. The van der Waals surface area contributed by atoms with Crippen molar-refractivity contribution in [2.45, 2.75) is 57.8 Å². The van der Waals surface area contributed by atoms with Crippen LogP contribution in [0.4, 0.5) is 4.79 Å². The van der Waals surface area contributed by atoms with Crippen molar-refractivity contribution >= 4 is 6.09 Å². The fourth-order valence-corrected chi connectivity index (χ4v) is 5.05. The average Bonchev–Trinajstić information content (AvgIpc) is 3.20. The average molecular weight is 332 g/mol. The molecule has 5 unspecified atom stereocenters. The number of aromatic nitrogens is 2. The zero-order valence-electron chi connectivity index (χ0n) is 14.8. The third kappa shape index (κ3) is 2.81. The Morgan fingerprint density at radius 1 is 1.33 bits per heavy atom. The summed E-state index contributed by atoms with van der Waals surface area (Å²) in [5.41, 5.74) is -0.429. The van der Waals surface area contributed by atoms with Gasteiger partial charge in [0, 0.05) is 38.1 Å². The van der Waals surface area contributed by atoms with Gasteiger partial charge in [0.05, 0.1) is 12.4 Å². The van der Waals surface area contributed by atoms with Crippen LogP contribution in [0.1, 0.15) is 33.6 Å². The molecule has 3 aliphatic rings. The molecule has 1 N–H and O–H groups in total. The number of nitrogens with zero attached hydrogens (tertiary/aromatic N) is 3. The Morgan fingerprint density at radius 2 is 2.17 bits per heavy atom. The van der Waals surface area contributed by atoms with Crippen molar-refractivity contribution in [3.8, 4) is 0 Å². The van der Waals surface area contributed by atoms with E-state index in [1.54, 1.807) is 0 Å². The van der Waals surface area contributed by atoms with E-state index in [1.165, 1.54) is 12.8 Å². The number of hydrogen-bond acceptors (Lipinski definition) is 4. The monoisotopic (exact) mass is 332 g/mol. The van der Waals surface area contributed by atoms with Gasteiger partial charge in [-0.1, -0.05) is 0 Å². The predicted octanol–water partition coefficient (Wildman–Crippen LogP) is 2.12. The van der Waals surface area contributed by atoms with E-state index in [0.29, 0.717) is 29.8 Å². The number of likely N-dealkylation sites (tertiary alicyclic amines) is 1. The van der Waals surface area contributed by atoms with Crippen molar-refractivity contribution in [3.63, 3.8) is 0 Å². The number of rotatable bonds is 4. The number of amides is 1. The summed E-state index contributed by atoms with van der Waals surface area (Å²) in [7, 11) is 0. The number of nitrogens with one attached hydrogen (secondary N) is 1. The fourth-order valence-electron chi connectivity index (χ4n) is 5.05. The minimum atomic E-state index is -0.429. The topological polar surface area (TPSA) is 59.4 Å². The first kappa shape index (κ1) is 15.9. The van der Waals surface area contributed by atoms with Gasteiger partial charge < -0.3 is 19.5 Å². The second-order valence-corrected chi connectivity index (χ2v) is 8.56. The highest BCUT2D eigenvalue weighted by molar-refractivity contribution is 5.69. The van der Waals surface area contributed by atoms with Gasteiger partial charge in [0.1, 0.15) is 5.60 Å². The molecule has 0 radical (unpaired) electrons. The Hall–Kier alpha value is -1.56. The maximum Gasteiger partial charge on any atom is 0.410 e. The van der Waals surface area contributed by atoms with Crippen LogP contribution in [-0.4, -0.2) is 51.3 Å². The lowest BCUT2D eigenvalue weighted by Gasteiger charge is -2.34. The molecule has 0 spiro atoms. The third-order valence-corrected chi connectivity index (χ3v) is 5.83. The van der Waals surface area contributed by atoms with Crippen LogP contribution in [0.2, 0.25) is 0 Å². The number of imidazole rings is 1. The van der Waals surface area contributed by atoms with Crippen molar-refractivity contribution < 1.29 is 9.53 Å². The molecule has 1 aliphatic heterocycles. The van der Waals surface area contributed by atoms with Gasteiger partial charge in [0.25, 0.3) is 0 Å². The van der Waals surface area contributed by atoms with Crippen LogP contribution in [0, 0.1) is 17.8 Å². The molecule has 5 atom stereocenters. The Kier molecular flexibility index (Phi) is 3.82. The number of fused-ring (bicyclic) bond motifs is 1. The van der Waals surface area contributed by atoms with E-state index in [1.807, 2.05) is 44.4 Å². The molecule has 132 valence electrons. The zero-order chi connectivity index (χ0) is 16.9. The molecule has 4 rings (SSSR count). The van der Waals surface area contributed by atoms with E-state index in [-0.39, 0.29) is 6.09 Å². The highest BCUT2D eigenvalue weighted by Gasteiger charge is 2.60. The normalized spacial score (nSPS) is 34.1. The molecule has 1 aromatic heterocycles. The molecule has 3 fully saturated rings. The maximum absolute atomic E-state index is 12.6. The quantitative estimate of drug-likeness (QED) is 0.917. The maximum atomic E-state index is 12.6. The minimum Gasteiger partial charge on any atom is -0.444 e. The molecule has 1 saturated heterocycles. The Bertz CT molecular complexity index is 593. The SMILES string of the molecule is CC(C)(C)OC(=O)N1CC2CC3CC2C1C3NCCn1ccnc1. The van der Waals surface area contributed by atoms with Gasteiger partial charge in [-0.2, -0.15) is 0 Å². The van der Waals surface area contributed by atoms with Crippen LogP contribution in [0.3, 0.4) is 0 Å². The van der Waals surface area contributed by atoms with Crippen LogP contribution >= 0.6 is 0 Å². The van der Waals surface area contributed by atoms with Crippen molar-refractivity contribution in [2.24, 2.45) is 17.8 Å². The van der Waals surface area contributed by atoms with Gasteiger partial charge in [0.15, 0.2) is 0 Å². The second-order valence-electron chi connectivity index (χ2n) is 8.56. The highest BCUT2D eigenvalue weighted by atomic mass is 16.6. The van der Waals surface area contributed by atoms with E-state index in [0.717, 1.165) is 19.6 Å². The summed E-state index contributed by atoms with van der Waals surface area (Å²) < 4.78 is 7.74. The van der Waals surface area contributed by atoms with E-state index < -0.39 is 5.60 Å². The van der Waals surface area contributed by atoms with E-state index >= 15 is 0 Å². The van der Waals surface area contributed by atoms with E-state index in [9.17, 15) is 4.79 Å². The lowest BCUT2D eigenvalue weighted by molar-refractivity contribution is 0.0193. The molecule has 2 heterocycles. The molecule has 2 aliphatic carbocycles. The van der Waals surface area contributed by atoms with Crippen LogP contribution < -0.4 is 5.32 Å². The van der Waals surface area contributed by atoms with Crippen molar-refractivity contribution in [2.75, 3.05) is 13.1 Å². The highest BCUT2D eigenvalue weighted by Crippen LogP contribution is 2.55. The summed E-state index contributed by atoms with van der Waals surface area (Å²) in [6.45, 7) is 8.51. The molecule has 0 aromatic carbocycles. The second kappa shape index (κ2) is 5.76. The molecule has 6 heteroatoms. The molecule has 6 nitrogen and oxygen atoms in total. The summed E-state index contributed by atoms with van der Waals surface area (Å²) in [5.74, 6) is 2.05. The molecule has 24 heavy (non-hydrogen) atoms. The van der Waals surface area contributed by atoms with Gasteiger partial charge in [-0.3, -0.25) is 0 Å². The van der Waals surface area contributed by atoms with Crippen LogP contribution in [0.25, 0.3) is 0 Å². The summed E-state index contributed by atoms with van der Waals surface area (Å²) in [6.07, 6.45) is 8.02. The summed E-state index contributed by atoms with van der Waals surface area (Å²) in [6, 6.07) is 0.719. The van der Waals surface area contributed by atoms with Gasteiger partial charge in [-0.15, -0.1) is 0 Å². The molecule has 2 bridgehead atoms. The summed E-state index contributed by atoms with van der Waals surface area (Å²) in [4.78, 5) is 18.7. The van der Waals surface area contributed by atoms with Gasteiger partial charge in [-0.05, 0) is 51.4 Å². The van der Waals surface area contributed by atoms with Crippen molar-refractivity contribution in [1.82, 2.24) is 19.8 Å². The standard InChI is InChI=1S/C18H28N4O2/c1-18(2,3)24-17(23)22-10-13-8-12-9-14(13)16(22)15(12)20-5-7-21-6-4-19-11-21/h4,6,11-16,20H,5,7-10H2,1-3H3. The Morgan fingerprint density at radius 3 is 2.88 bits per heavy atom. The van der Waals surface area contributed by atoms with Gasteiger partial charge in [-0.25, -0.2) is 9.78 Å². The van der Waals surface area contributed by atoms with E-state index in [2.05, 4.69) is 14.9 Å². The van der Waals surface area contributed by atoms with Gasteiger partial charge >= 0.3 is 6.09 Å². The number of carbonyl (C=O) groups is 1. The van der Waals surface area contributed by atoms with Crippen molar-refractivity contribution in [3.05, 3.63) is 18.7 Å². The molecule has 2 saturated carbocycles. The smallest absolute Gasteiger partial charge is 0.410 e. The van der Waals surface area contributed by atoms with E-state index in [4.69, 9.17) is 4.74 Å². The van der Waals surface area contributed by atoms with Crippen LogP contribution in [-0.2, 0) is 11.3 Å². The molecule has 1 amide bonds. The van der Waals surface area contributed by atoms with Crippen LogP contribution in [0.5, 0.6) is 0 Å². The number of hydrogen-bond donors (Lipinski definition) is 1. The Balaban J connectivity index is 1.41. The zero-order valence-corrected chi connectivity index (χ0v) is 14.8.